The van der Waals surface area contributed by atoms with E-state index in [1.807, 2.05) is 6.92 Å². The smallest absolute Gasteiger partial charge is 0.239 e. The predicted octanol–water partition coefficient (Wildman–Crippen LogP) is 3.25. The van der Waals surface area contributed by atoms with Gasteiger partial charge in [0.2, 0.25) is 5.88 Å². The number of nitrogen functional groups attached to an aromatic ring is 1. The summed E-state index contributed by atoms with van der Waals surface area (Å²) in [5.41, 5.74) is 7.43. The number of pyridine rings is 1. The molecule has 0 aliphatic carbocycles. The minimum absolute atomic E-state index is 0.259. The Labute approximate surface area is 111 Å². The first-order valence-corrected chi connectivity index (χ1v) is 6.03. The molecule has 4 nitrogen and oxygen atoms in total. The first kappa shape index (κ1) is 13.1. The van der Waals surface area contributed by atoms with Gasteiger partial charge in [0.05, 0.1) is 12.3 Å². The minimum Gasteiger partial charge on any atom is -0.476 e. The molecule has 0 aliphatic rings. The Hall–Kier alpha value is -2.30. The number of nitrogens with zero attached hydrogens (tertiary/aromatic N) is 1. The molecule has 3 N–H and O–H groups in total. The maximum atomic E-state index is 13.4. The highest BCUT2D eigenvalue weighted by atomic mass is 19.1. The highest BCUT2D eigenvalue weighted by Crippen LogP contribution is 2.25. The number of nitrogens with two attached hydrogens (primary N) is 1. The largest absolute Gasteiger partial charge is 0.476 e. The van der Waals surface area contributed by atoms with Crippen molar-refractivity contribution in [3.05, 3.63) is 41.7 Å². The second-order valence-electron chi connectivity index (χ2n) is 4.06. The average Bonchev–Trinajstić information content (AvgIpc) is 2.39. The summed E-state index contributed by atoms with van der Waals surface area (Å²) in [7, 11) is 0. The molecule has 0 atom stereocenters. The number of hydrogen-bond acceptors (Lipinski definition) is 4. The van der Waals surface area contributed by atoms with Gasteiger partial charge in [-0.2, -0.15) is 4.98 Å². The monoisotopic (exact) mass is 261 g/mol. The van der Waals surface area contributed by atoms with Crippen molar-refractivity contribution >= 4 is 17.2 Å². The van der Waals surface area contributed by atoms with E-state index in [2.05, 4.69) is 10.3 Å². The zero-order valence-corrected chi connectivity index (χ0v) is 10.9. The molecule has 0 radical (unpaired) electrons. The molecule has 0 fully saturated rings. The standard InChI is InChI=1S/C14H16FN3O/c1-3-19-14-11(16)7-8-13(18-14)17-12-6-4-5-10(15)9(12)2/h4-8H,3,16H2,1-2H3,(H,17,18). The summed E-state index contributed by atoms with van der Waals surface area (Å²) in [4.78, 5) is 4.25. The summed E-state index contributed by atoms with van der Waals surface area (Å²) < 4.78 is 18.8. The van der Waals surface area contributed by atoms with Crippen molar-refractivity contribution in [3.63, 3.8) is 0 Å². The molecule has 1 aromatic heterocycles. The van der Waals surface area contributed by atoms with Crippen LogP contribution in [0.2, 0.25) is 0 Å². The van der Waals surface area contributed by atoms with E-state index in [1.54, 1.807) is 31.2 Å². The van der Waals surface area contributed by atoms with Gasteiger partial charge in [0, 0.05) is 11.3 Å². The van der Waals surface area contributed by atoms with Crippen LogP contribution in [0, 0.1) is 12.7 Å². The Bertz CT molecular complexity index is 587. The lowest BCUT2D eigenvalue weighted by molar-refractivity contribution is 0.329. The summed E-state index contributed by atoms with van der Waals surface area (Å²) >= 11 is 0. The van der Waals surface area contributed by atoms with E-state index >= 15 is 0 Å². The average molecular weight is 261 g/mol. The summed E-state index contributed by atoms with van der Waals surface area (Å²) in [6.07, 6.45) is 0. The van der Waals surface area contributed by atoms with Gasteiger partial charge >= 0.3 is 0 Å². The van der Waals surface area contributed by atoms with E-state index in [-0.39, 0.29) is 5.82 Å². The van der Waals surface area contributed by atoms with Crippen molar-refractivity contribution in [1.29, 1.82) is 0 Å². The van der Waals surface area contributed by atoms with Gasteiger partial charge in [-0.15, -0.1) is 0 Å². The van der Waals surface area contributed by atoms with Crippen molar-refractivity contribution in [2.75, 3.05) is 17.7 Å². The molecule has 0 spiro atoms. The van der Waals surface area contributed by atoms with Crippen LogP contribution in [0.25, 0.3) is 0 Å². The van der Waals surface area contributed by atoms with Crippen molar-refractivity contribution in [2.24, 2.45) is 0 Å². The van der Waals surface area contributed by atoms with Crippen molar-refractivity contribution in [1.82, 2.24) is 4.98 Å². The summed E-state index contributed by atoms with van der Waals surface area (Å²) in [6.45, 7) is 4.05. The molecule has 0 unspecified atom stereocenters. The first-order valence-electron chi connectivity index (χ1n) is 6.03. The molecule has 2 aromatic rings. The van der Waals surface area contributed by atoms with Crippen molar-refractivity contribution in [3.8, 4) is 5.88 Å². The number of halogens is 1. The Kier molecular flexibility index (Phi) is 3.85. The highest BCUT2D eigenvalue weighted by molar-refractivity contribution is 5.63. The van der Waals surface area contributed by atoms with E-state index in [0.717, 1.165) is 0 Å². The first-order chi connectivity index (χ1) is 9.11. The Morgan fingerprint density at radius 3 is 2.84 bits per heavy atom. The molecule has 0 saturated carbocycles. The number of aromatic nitrogens is 1. The zero-order valence-electron chi connectivity index (χ0n) is 10.9. The third kappa shape index (κ3) is 2.93. The van der Waals surface area contributed by atoms with E-state index in [0.29, 0.717) is 35.2 Å². The van der Waals surface area contributed by atoms with E-state index in [9.17, 15) is 4.39 Å². The van der Waals surface area contributed by atoms with Crippen LogP contribution in [0.4, 0.5) is 21.6 Å². The van der Waals surface area contributed by atoms with Crippen LogP contribution in [0.5, 0.6) is 5.88 Å². The van der Waals surface area contributed by atoms with Crippen LogP contribution in [0.15, 0.2) is 30.3 Å². The molecular formula is C14H16FN3O. The van der Waals surface area contributed by atoms with Crippen LogP contribution in [0.3, 0.4) is 0 Å². The zero-order chi connectivity index (χ0) is 13.8. The van der Waals surface area contributed by atoms with Crippen LogP contribution < -0.4 is 15.8 Å². The lowest BCUT2D eigenvalue weighted by Crippen LogP contribution is -2.03. The van der Waals surface area contributed by atoms with Crippen LogP contribution in [0.1, 0.15) is 12.5 Å². The van der Waals surface area contributed by atoms with Gasteiger partial charge < -0.3 is 15.8 Å². The fourth-order valence-electron chi connectivity index (χ4n) is 1.65. The number of nitrogens with one attached hydrogen (secondary N) is 1. The number of rotatable bonds is 4. The molecule has 0 aliphatic heterocycles. The molecule has 1 heterocycles. The van der Waals surface area contributed by atoms with Gasteiger partial charge in [-0.1, -0.05) is 6.07 Å². The summed E-state index contributed by atoms with van der Waals surface area (Å²) in [5.74, 6) is 0.679. The van der Waals surface area contributed by atoms with Crippen molar-refractivity contribution < 1.29 is 9.13 Å². The maximum absolute atomic E-state index is 13.4. The highest BCUT2D eigenvalue weighted by Gasteiger charge is 2.07. The van der Waals surface area contributed by atoms with Gasteiger partial charge in [0.1, 0.15) is 11.6 Å². The molecule has 2 rings (SSSR count). The molecule has 5 heteroatoms. The third-order valence-electron chi connectivity index (χ3n) is 2.70. The second-order valence-corrected chi connectivity index (χ2v) is 4.06. The number of benzene rings is 1. The minimum atomic E-state index is -0.259. The van der Waals surface area contributed by atoms with Crippen LogP contribution >= 0.6 is 0 Å². The summed E-state index contributed by atoms with van der Waals surface area (Å²) in [6, 6.07) is 8.28. The number of hydrogen-bond donors (Lipinski definition) is 2. The van der Waals surface area contributed by atoms with E-state index in [1.165, 1.54) is 6.07 Å². The SMILES string of the molecule is CCOc1nc(Nc2cccc(F)c2C)ccc1N. The summed E-state index contributed by atoms with van der Waals surface area (Å²) in [5, 5.41) is 3.05. The topological polar surface area (TPSA) is 60.2 Å². The Morgan fingerprint density at radius 2 is 2.11 bits per heavy atom. The lowest BCUT2D eigenvalue weighted by atomic mass is 10.2. The lowest BCUT2D eigenvalue weighted by Gasteiger charge is -2.11. The molecule has 100 valence electrons. The number of anilines is 3. The molecule has 0 amide bonds. The fraction of sp³-hybridized carbons (Fsp3) is 0.214. The third-order valence-corrected chi connectivity index (χ3v) is 2.70. The number of ether oxygens (including phenoxy) is 1. The maximum Gasteiger partial charge on any atom is 0.239 e. The van der Waals surface area contributed by atoms with E-state index < -0.39 is 0 Å². The van der Waals surface area contributed by atoms with E-state index in [4.69, 9.17) is 10.5 Å². The Balaban J connectivity index is 2.28. The van der Waals surface area contributed by atoms with Gasteiger partial charge in [0.15, 0.2) is 0 Å². The molecule has 1 aromatic carbocycles. The Morgan fingerprint density at radius 1 is 1.32 bits per heavy atom. The molecular weight excluding hydrogens is 245 g/mol. The molecule has 0 saturated heterocycles. The molecule has 19 heavy (non-hydrogen) atoms. The predicted molar refractivity (Wildman–Crippen MR) is 74.2 cm³/mol. The normalized spacial score (nSPS) is 10.3. The van der Waals surface area contributed by atoms with Gasteiger partial charge in [-0.3, -0.25) is 0 Å². The van der Waals surface area contributed by atoms with Gasteiger partial charge in [-0.05, 0) is 38.1 Å². The van der Waals surface area contributed by atoms with Gasteiger partial charge in [0.25, 0.3) is 0 Å². The fourth-order valence-corrected chi connectivity index (χ4v) is 1.65. The van der Waals surface area contributed by atoms with Crippen LogP contribution in [-0.2, 0) is 0 Å². The second kappa shape index (κ2) is 5.56. The molecule has 0 bridgehead atoms. The van der Waals surface area contributed by atoms with Gasteiger partial charge in [-0.25, -0.2) is 4.39 Å². The van der Waals surface area contributed by atoms with Crippen LogP contribution in [-0.4, -0.2) is 11.6 Å². The quantitative estimate of drug-likeness (QED) is 0.886. The van der Waals surface area contributed by atoms with Crippen molar-refractivity contribution in [2.45, 2.75) is 13.8 Å².